The third kappa shape index (κ3) is 2.50. The standard InChI is InChI=1S/C11H12N2O3/c1-7-3-9(14)5-10(4-7)15-6-11-12-8(2)16-13-11/h3-5,14H,6H2,1-2H3. The summed E-state index contributed by atoms with van der Waals surface area (Å²) in [6.45, 7) is 3.82. The number of ether oxygens (including phenoxy) is 1. The summed E-state index contributed by atoms with van der Waals surface area (Å²) < 4.78 is 10.2. The molecule has 0 saturated carbocycles. The molecule has 0 aliphatic rings. The first-order chi connectivity index (χ1) is 7.63. The first-order valence-corrected chi connectivity index (χ1v) is 4.86. The molecule has 0 fully saturated rings. The third-order valence-electron chi connectivity index (χ3n) is 1.97. The second-order valence-corrected chi connectivity index (χ2v) is 3.52. The van der Waals surface area contributed by atoms with Crippen LogP contribution in [-0.4, -0.2) is 15.2 Å². The van der Waals surface area contributed by atoms with Gasteiger partial charge in [0.2, 0.25) is 11.7 Å². The van der Waals surface area contributed by atoms with E-state index in [1.54, 1.807) is 19.1 Å². The highest BCUT2D eigenvalue weighted by Gasteiger charge is 2.04. The molecule has 0 aliphatic carbocycles. The molecule has 0 atom stereocenters. The van der Waals surface area contributed by atoms with Crippen molar-refractivity contribution in [1.29, 1.82) is 0 Å². The predicted octanol–water partition coefficient (Wildman–Crippen LogP) is 1.97. The van der Waals surface area contributed by atoms with Crippen molar-refractivity contribution in [2.24, 2.45) is 0 Å². The van der Waals surface area contributed by atoms with Gasteiger partial charge in [-0.15, -0.1) is 0 Å². The summed E-state index contributed by atoms with van der Waals surface area (Å²) in [5.41, 5.74) is 0.930. The minimum atomic E-state index is 0.180. The molecule has 5 nitrogen and oxygen atoms in total. The van der Waals surface area contributed by atoms with Crippen LogP contribution in [0.5, 0.6) is 11.5 Å². The van der Waals surface area contributed by atoms with Crippen molar-refractivity contribution >= 4 is 0 Å². The molecule has 2 aromatic rings. The van der Waals surface area contributed by atoms with E-state index in [2.05, 4.69) is 10.1 Å². The number of aromatic hydroxyl groups is 1. The van der Waals surface area contributed by atoms with Gasteiger partial charge in [0.25, 0.3) is 0 Å². The van der Waals surface area contributed by atoms with Gasteiger partial charge in [-0.25, -0.2) is 0 Å². The van der Waals surface area contributed by atoms with E-state index in [9.17, 15) is 5.11 Å². The van der Waals surface area contributed by atoms with Gasteiger partial charge in [-0.2, -0.15) is 4.98 Å². The zero-order valence-corrected chi connectivity index (χ0v) is 9.10. The molecule has 2 rings (SSSR count). The lowest BCUT2D eigenvalue weighted by Gasteiger charge is -2.04. The van der Waals surface area contributed by atoms with Crippen LogP contribution >= 0.6 is 0 Å². The zero-order valence-electron chi connectivity index (χ0n) is 9.10. The molecule has 1 N–H and O–H groups in total. The van der Waals surface area contributed by atoms with Crippen LogP contribution in [-0.2, 0) is 6.61 Å². The average Bonchev–Trinajstić information content (AvgIpc) is 2.60. The summed E-state index contributed by atoms with van der Waals surface area (Å²) in [4.78, 5) is 4.01. The Morgan fingerprint density at radius 2 is 2.12 bits per heavy atom. The highest BCUT2D eigenvalue weighted by Crippen LogP contribution is 2.21. The number of benzene rings is 1. The Balaban J connectivity index is 2.04. The van der Waals surface area contributed by atoms with E-state index < -0.39 is 0 Å². The molecule has 0 bridgehead atoms. The number of rotatable bonds is 3. The van der Waals surface area contributed by atoms with Crippen LogP contribution in [0, 0.1) is 13.8 Å². The minimum absolute atomic E-state index is 0.180. The fourth-order valence-corrected chi connectivity index (χ4v) is 1.36. The lowest BCUT2D eigenvalue weighted by molar-refractivity contribution is 0.284. The smallest absolute Gasteiger partial charge is 0.223 e. The van der Waals surface area contributed by atoms with E-state index in [1.807, 2.05) is 13.0 Å². The monoisotopic (exact) mass is 220 g/mol. The molecule has 1 aromatic carbocycles. The summed E-state index contributed by atoms with van der Waals surface area (Å²) in [5, 5.41) is 13.1. The Morgan fingerprint density at radius 3 is 2.75 bits per heavy atom. The van der Waals surface area contributed by atoms with E-state index in [1.165, 1.54) is 0 Å². The largest absolute Gasteiger partial charge is 0.508 e. The van der Waals surface area contributed by atoms with Crippen LogP contribution in [0.2, 0.25) is 0 Å². The van der Waals surface area contributed by atoms with Crippen molar-refractivity contribution in [3.8, 4) is 11.5 Å². The second kappa shape index (κ2) is 4.22. The summed E-state index contributed by atoms with van der Waals surface area (Å²) in [5.74, 6) is 1.75. The number of hydrogen-bond donors (Lipinski definition) is 1. The van der Waals surface area contributed by atoms with Gasteiger partial charge in [0.15, 0.2) is 6.61 Å². The van der Waals surface area contributed by atoms with Gasteiger partial charge in [-0.05, 0) is 24.6 Å². The number of hydrogen-bond acceptors (Lipinski definition) is 5. The molecule has 0 unspecified atom stereocenters. The molecule has 0 aliphatic heterocycles. The Morgan fingerprint density at radius 1 is 1.31 bits per heavy atom. The Labute approximate surface area is 92.7 Å². The summed E-state index contributed by atoms with van der Waals surface area (Å²) >= 11 is 0. The molecule has 16 heavy (non-hydrogen) atoms. The van der Waals surface area contributed by atoms with Gasteiger partial charge in [0.1, 0.15) is 11.5 Å². The van der Waals surface area contributed by atoms with E-state index in [0.717, 1.165) is 5.56 Å². The second-order valence-electron chi connectivity index (χ2n) is 3.52. The number of aryl methyl sites for hydroxylation is 2. The fourth-order valence-electron chi connectivity index (χ4n) is 1.36. The van der Waals surface area contributed by atoms with Crippen molar-refractivity contribution in [3.05, 3.63) is 35.5 Å². The maximum absolute atomic E-state index is 9.37. The van der Waals surface area contributed by atoms with Crippen molar-refractivity contribution < 1.29 is 14.4 Å². The topological polar surface area (TPSA) is 68.4 Å². The van der Waals surface area contributed by atoms with Gasteiger partial charge in [-0.1, -0.05) is 5.16 Å². The van der Waals surface area contributed by atoms with Crippen molar-refractivity contribution in [3.63, 3.8) is 0 Å². The van der Waals surface area contributed by atoms with Crippen LogP contribution in [0.1, 0.15) is 17.3 Å². The molecule has 0 spiro atoms. The number of nitrogens with zero attached hydrogens (tertiary/aromatic N) is 2. The van der Waals surface area contributed by atoms with Crippen LogP contribution in [0.4, 0.5) is 0 Å². The summed E-state index contributed by atoms with van der Waals surface area (Å²) in [6.07, 6.45) is 0. The SMILES string of the molecule is Cc1cc(O)cc(OCc2noc(C)n2)c1. The van der Waals surface area contributed by atoms with E-state index in [-0.39, 0.29) is 12.4 Å². The molecule has 0 saturated heterocycles. The number of phenolic OH excluding ortho intramolecular Hbond substituents is 1. The normalized spacial score (nSPS) is 10.4. The van der Waals surface area contributed by atoms with Gasteiger partial charge in [0.05, 0.1) is 0 Å². The Kier molecular flexibility index (Phi) is 2.76. The van der Waals surface area contributed by atoms with Crippen molar-refractivity contribution in [1.82, 2.24) is 10.1 Å². The first kappa shape index (κ1) is 10.5. The van der Waals surface area contributed by atoms with Crippen LogP contribution < -0.4 is 4.74 Å². The van der Waals surface area contributed by atoms with Gasteiger partial charge < -0.3 is 14.4 Å². The Bertz CT molecular complexity index is 473. The molecule has 5 heteroatoms. The lowest BCUT2D eigenvalue weighted by atomic mass is 10.2. The van der Waals surface area contributed by atoms with Gasteiger partial charge in [0, 0.05) is 13.0 Å². The van der Waals surface area contributed by atoms with E-state index in [0.29, 0.717) is 17.5 Å². The molecule has 1 aromatic heterocycles. The predicted molar refractivity (Wildman–Crippen MR) is 56.2 cm³/mol. The van der Waals surface area contributed by atoms with Crippen LogP contribution in [0.25, 0.3) is 0 Å². The summed E-state index contributed by atoms with van der Waals surface area (Å²) in [7, 11) is 0. The minimum Gasteiger partial charge on any atom is -0.508 e. The third-order valence-corrected chi connectivity index (χ3v) is 1.97. The molecular weight excluding hydrogens is 208 g/mol. The maximum atomic E-state index is 9.37. The molecule has 1 heterocycles. The van der Waals surface area contributed by atoms with Crippen molar-refractivity contribution in [2.45, 2.75) is 20.5 Å². The maximum Gasteiger partial charge on any atom is 0.223 e. The average molecular weight is 220 g/mol. The summed E-state index contributed by atoms with van der Waals surface area (Å²) in [6, 6.07) is 5.03. The quantitative estimate of drug-likeness (QED) is 0.856. The highest BCUT2D eigenvalue weighted by molar-refractivity contribution is 5.36. The van der Waals surface area contributed by atoms with Crippen molar-refractivity contribution in [2.75, 3.05) is 0 Å². The number of phenols is 1. The molecule has 0 radical (unpaired) electrons. The van der Waals surface area contributed by atoms with E-state index in [4.69, 9.17) is 9.26 Å². The highest BCUT2D eigenvalue weighted by atomic mass is 16.5. The zero-order chi connectivity index (χ0) is 11.5. The van der Waals surface area contributed by atoms with Crippen LogP contribution in [0.15, 0.2) is 22.7 Å². The number of aromatic nitrogens is 2. The Hall–Kier alpha value is -2.04. The van der Waals surface area contributed by atoms with Gasteiger partial charge >= 0.3 is 0 Å². The van der Waals surface area contributed by atoms with Crippen LogP contribution in [0.3, 0.4) is 0 Å². The van der Waals surface area contributed by atoms with Gasteiger partial charge in [-0.3, -0.25) is 0 Å². The molecule has 84 valence electrons. The van der Waals surface area contributed by atoms with E-state index >= 15 is 0 Å². The first-order valence-electron chi connectivity index (χ1n) is 4.86. The lowest BCUT2D eigenvalue weighted by Crippen LogP contribution is -1.97. The fraction of sp³-hybridized carbons (Fsp3) is 0.273. The molecular formula is C11H12N2O3. The molecule has 0 amide bonds.